The molecular formula is C20H33N3O4. The predicted molar refractivity (Wildman–Crippen MR) is 101 cm³/mol. The minimum atomic E-state index is -0.764. The van der Waals surface area contributed by atoms with Crippen LogP contribution in [-0.2, 0) is 9.53 Å². The van der Waals surface area contributed by atoms with Gasteiger partial charge in [-0.05, 0) is 69.4 Å². The number of carboxylic acid groups (broad SMARTS) is 1. The van der Waals surface area contributed by atoms with E-state index in [0.717, 1.165) is 58.3 Å². The van der Waals surface area contributed by atoms with Crippen LogP contribution in [0.15, 0.2) is 0 Å². The van der Waals surface area contributed by atoms with Crippen molar-refractivity contribution >= 4 is 12.0 Å². The number of methoxy groups -OCH3 is 1. The molecule has 4 rings (SSSR count). The molecule has 0 radical (unpaired) electrons. The molecule has 0 aromatic carbocycles. The Hall–Kier alpha value is -1.34. The molecule has 3 heterocycles. The Morgan fingerprint density at radius 2 is 1.85 bits per heavy atom. The van der Waals surface area contributed by atoms with Crippen molar-refractivity contribution in [2.75, 3.05) is 46.4 Å². The van der Waals surface area contributed by atoms with Crippen LogP contribution in [0.3, 0.4) is 0 Å². The van der Waals surface area contributed by atoms with Gasteiger partial charge in [-0.3, -0.25) is 4.79 Å². The van der Waals surface area contributed by atoms with Gasteiger partial charge < -0.3 is 24.5 Å². The van der Waals surface area contributed by atoms with Crippen LogP contribution in [0.2, 0.25) is 0 Å². The summed E-state index contributed by atoms with van der Waals surface area (Å²) in [6.45, 7) is 4.77. The molecule has 1 atom stereocenters. The molecule has 4 aliphatic rings. The van der Waals surface area contributed by atoms with Crippen LogP contribution in [0.5, 0.6) is 0 Å². The molecule has 1 saturated carbocycles. The molecule has 152 valence electrons. The van der Waals surface area contributed by atoms with Crippen molar-refractivity contribution in [3.8, 4) is 0 Å². The Morgan fingerprint density at radius 3 is 2.48 bits per heavy atom. The first-order chi connectivity index (χ1) is 13.0. The van der Waals surface area contributed by atoms with Gasteiger partial charge >= 0.3 is 6.09 Å². The number of rotatable bonds is 4. The lowest BCUT2D eigenvalue weighted by Crippen LogP contribution is -2.55. The van der Waals surface area contributed by atoms with Crippen molar-refractivity contribution in [1.82, 2.24) is 14.7 Å². The molecule has 4 fully saturated rings. The second kappa shape index (κ2) is 7.59. The Labute approximate surface area is 161 Å². The van der Waals surface area contributed by atoms with Crippen molar-refractivity contribution in [2.45, 2.75) is 57.0 Å². The maximum absolute atomic E-state index is 12.3. The van der Waals surface area contributed by atoms with Gasteiger partial charge in [-0.1, -0.05) is 0 Å². The first kappa shape index (κ1) is 19.0. The van der Waals surface area contributed by atoms with E-state index in [1.807, 2.05) is 0 Å². The number of piperidine rings is 1. The number of carbonyl (C=O) groups is 2. The van der Waals surface area contributed by atoms with Crippen molar-refractivity contribution in [3.63, 3.8) is 0 Å². The fraction of sp³-hybridized carbons (Fsp3) is 0.900. The number of amides is 2. The predicted octanol–water partition coefficient (Wildman–Crippen LogP) is 1.87. The number of nitrogens with zero attached hydrogens (tertiary/aromatic N) is 3. The summed E-state index contributed by atoms with van der Waals surface area (Å²) in [5, 5.41) is 9.19. The summed E-state index contributed by atoms with van der Waals surface area (Å²) in [5.41, 5.74) is 0.259. The standard InChI is InChI=1S/C20H33N3O4/c1-27-13-18(24)23-7-2-3-17(23)15-4-8-21(9-5-15)16-11-20(12-16)6-10-22(14-20)19(25)26/h15-17H,2-14H2,1H3,(H,25,26)/t16?,17-,20?/m0/s1. The molecule has 3 aliphatic heterocycles. The van der Waals surface area contributed by atoms with E-state index in [2.05, 4.69) is 9.80 Å². The molecule has 0 bridgehead atoms. The zero-order valence-corrected chi connectivity index (χ0v) is 16.4. The zero-order chi connectivity index (χ0) is 19.0. The van der Waals surface area contributed by atoms with Gasteiger partial charge in [-0.25, -0.2) is 4.79 Å². The zero-order valence-electron chi connectivity index (χ0n) is 16.4. The maximum Gasteiger partial charge on any atom is 0.407 e. The van der Waals surface area contributed by atoms with E-state index in [4.69, 9.17) is 4.74 Å². The van der Waals surface area contributed by atoms with Gasteiger partial charge in [-0.2, -0.15) is 0 Å². The Kier molecular flexibility index (Phi) is 5.34. The smallest absolute Gasteiger partial charge is 0.407 e. The maximum atomic E-state index is 12.3. The van der Waals surface area contributed by atoms with Crippen LogP contribution in [0.25, 0.3) is 0 Å². The van der Waals surface area contributed by atoms with Crippen molar-refractivity contribution in [1.29, 1.82) is 0 Å². The highest BCUT2D eigenvalue weighted by molar-refractivity contribution is 5.78. The van der Waals surface area contributed by atoms with Gasteiger partial charge in [0.05, 0.1) is 0 Å². The van der Waals surface area contributed by atoms with Gasteiger partial charge in [0.15, 0.2) is 0 Å². The van der Waals surface area contributed by atoms with Crippen molar-refractivity contribution in [2.24, 2.45) is 11.3 Å². The summed E-state index contributed by atoms with van der Waals surface area (Å²) in [5.74, 6) is 0.764. The monoisotopic (exact) mass is 379 g/mol. The molecule has 0 unspecified atom stereocenters. The lowest BCUT2D eigenvalue weighted by Gasteiger charge is -2.52. The Bertz CT molecular complexity index is 570. The van der Waals surface area contributed by atoms with Gasteiger partial charge in [0.25, 0.3) is 0 Å². The molecule has 1 aliphatic carbocycles. The number of hydrogen-bond donors (Lipinski definition) is 1. The molecule has 27 heavy (non-hydrogen) atoms. The Morgan fingerprint density at radius 1 is 1.11 bits per heavy atom. The van der Waals surface area contributed by atoms with E-state index >= 15 is 0 Å². The van der Waals surface area contributed by atoms with E-state index in [0.29, 0.717) is 24.5 Å². The van der Waals surface area contributed by atoms with E-state index in [1.54, 1.807) is 12.0 Å². The minimum absolute atomic E-state index is 0.146. The number of ether oxygens (including phenoxy) is 1. The second-order valence-electron chi connectivity index (χ2n) is 9.12. The number of hydrogen-bond acceptors (Lipinski definition) is 4. The summed E-state index contributed by atoms with van der Waals surface area (Å²) < 4.78 is 5.05. The summed E-state index contributed by atoms with van der Waals surface area (Å²) in [6.07, 6.45) is 7.18. The molecule has 1 spiro atoms. The van der Waals surface area contributed by atoms with Crippen molar-refractivity contribution in [3.05, 3.63) is 0 Å². The van der Waals surface area contributed by atoms with Crippen molar-refractivity contribution < 1.29 is 19.4 Å². The van der Waals surface area contributed by atoms with Crippen LogP contribution in [-0.4, -0.2) is 90.3 Å². The lowest BCUT2D eigenvalue weighted by atomic mass is 9.64. The molecule has 7 nitrogen and oxygen atoms in total. The van der Waals surface area contributed by atoms with Gasteiger partial charge in [0.1, 0.15) is 6.61 Å². The molecular weight excluding hydrogens is 346 g/mol. The summed E-state index contributed by atoms with van der Waals surface area (Å²) in [7, 11) is 1.59. The average molecular weight is 380 g/mol. The van der Waals surface area contributed by atoms with Crippen LogP contribution >= 0.6 is 0 Å². The van der Waals surface area contributed by atoms with E-state index in [-0.39, 0.29) is 17.9 Å². The topological polar surface area (TPSA) is 73.3 Å². The van der Waals surface area contributed by atoms with Gasteiger partial charge in [0, 0.05) is 38.8 Å². The Balaban J connectivity index is 1.24. The highest BCUT2D eigenvalue weighted by Gasteiger charge is 2.51. The van der Waals surface area contributed by atoms with Crippen LogP contribution in [0.1, 0.15) is 44.9 Å². The summed E-state index contributed by atoms with van der Waals surface area (Å²) in [4.78, 5) is 29.7. The second-order valence-corrected chi connectivity index (χ2v) is 9.12. The summed E-state index contributed by atoms with van der Waals surface area (Å²) >= 11 is 0. The molecule has 2 amide bonds. The highest BCUT2D eigenvalue weighted by atomic mass is 16.5. The van der Waals surface area contributed by atoms with E-state index in [1.165, 1.54) is 12.8 Å². The normalized spacial score (nSPS) is 35.0. The van der Waals surface area contributed by atoms with Crippen LogP contribution in [0.4, 0.5) is 4.79 Å². The van der Waals surface area contributed by atoms with E-state index in [9.17, 15) is 14.7 Å². The molecule has 3 saturated heterocycles. The first-order valence-corrected chi connectivity index (χ1v) is 10.5. The molecule has 1 N–H and O–H groups in total. The fourth-order valence-corrected chi connectivity index (χ4v) is 6.10. The lowest BCUT2D eigenvalue weighted by molar-refractivity contribution is -0.137. The minimum Gasteiger partial charge on any atom is -0.465 e. The first-order valence-electron chi connectivity index (χ1n) is 10.5. The van der Waals surface area contributed by atoms with Gasteiger partial charge in [0.2, 0.25) is 5.91 Å². The SMILES string of the molecule is COCC(=O)N1CCC[C@H]1C1CCN(C2CC3(CCN(C(=O)O)C3)C2)CC1. The molecule has 7 heteroatoms. The quantitative estimate of drug-likeness (QED) is 0.807. The number of carbonyl (C=O) groups excluding carboxylic acids is 1. The number of likely N-dealkylation sites (tertiary alicyclic amines) is 3. The average Bonchev–Trinajstić information content (AvgIpc) is 3.28. The third-order valence-corrected chi connectivity index (χ3v) is 7.57. The van der Waals surface area contributed by atoms with Gasteiger partial charge in [-0.15, -0.1) is 0 Å². The highest BCUT2D eigenvalue weighted by Crippen LogP contribution is 2.50. The largest absolute Gasteiger partial charge is 0.465 e. The van der Waals surface area contributed by atoms with Crippen LogP contribution in [0, 0.1) is 11.3 Å². The molecule has 0 aromatic heterocycles. The van der Waals surface area contributed by atoms with E-state index < -0.39 is 6.09 Å². The molecule has 0 aromatic rings. The summed E-state index contributed by atoms with van der Waals surface area (Å²) in [6, 6.07) is 1.04. The fourth-order valence-electron chi connectivity index (χ4n) is 6.10. The van der Waals surface area contributed by atoms with Crippen LogP contribution < -0.4 is 0 Å². The third kappa shape index (κ3) is 3.68. The third-order valence-electron chi connectivity index (χ3n) is 7.57.